The van der Waals surface area contributed by atoms with Crippen LogP contribution in [0.2, 0.25) is 0 Å². The smallest absolute Gasteiger partial charge is 0.225 e. The van der Waals surface area contributed by atoms with E-state index in [1.165, 1.54) is 0 Å². The summed E-state index contributed by atoms with van der Waals surface area (Å²) in [5, 5.41) is 5.67. The molecular formula is C12H13N3OS. The minimum absolute atomic E-state index is 0.0659. The maximum absolute atomic E-state index is 11.4. The summed E-state index contributed by atoms with van der Waals surface area (Å²) in [6.07, 6.45) is 2.10. The van der Waals surface area contributed by atoms with Crippen LogP contribution in [-0.4, -0.2) is 17.4 Å². The van der Waals surface area contributed by atoms with E-state index in [1.54, 1.807) is 17.5 Å². The number of thiazole rings is 1. The second kappa shape index (κ2) is 5.56. The Morgan fingerprint density at radius 3 is 3.06 bits per heavy atom. The standard InChI is InChI=1S/C12H13N3OS/c13-5-4-11(16)15-10-3-1-2-9(8-10)12-14-6-7-17-12/h1-3,6-8H,4-5,13H2,(H,15,16). The summed E-state index contributed by atoms with van der Waals surface area (Å²) in [6, 6.07) is 7.63. The molecule has 1 heterocycles. The minimum Gasteiger partial charge on any atom is -0.330 e. The van der Waals surface area contributed by atoms with Crippen molar-refractivity contribution in [2.45, 2.75) is 6.42 Å². The molecule has 1 aromatic carbocycles. The summed E-state index contributed by atoms with van der Waals surface area (Å²) in [6.45, 7) is 0.359. The van der Waals surface area contributed by atoms with E-state index in [-0.39, 0.29) is 5.91 Å². The van der Waals surface area contributed by atoms with Gasteiger partial charge < -0.3 is 11.1 Å². The number of nitrogens with two attached hydrogens (primary N) is 1. The lowest BCUT2D eigenvalue weighted by atomic mass is 10.2. The molecule has 0 saturated carbocycles. The molecule has 0 fully saturated rings. The highest BCUT2D eigenvalue weighted by Crippen LogP contribution is 2.24. The zero-order chi connectivity index (χ0) is 12.1. The van der Waals surface area contributed by atoms with Gasteiger partial charge in [0.25, 0.3) is 0 Å². The number of amides is 1. The molecule has 0 atom stereocenters. The second-order valence-electron chi connectivity index (χ2n) is 3.50. The van der Waals surface area contributed by atoms with Gasteiger partial charge in [-0.25, -0.2) is 4.98 Å². The quantitative estimate of drug-likeness (QED) is 0.869. The molecule has 0 radical (unpaired) electrons. The zero-order valence-electron chi connectivity index (χ0n) is 9.22. The molecule has 0 aliphatic heterocycles. The lowest BCUT2D eigenvalue weighted by Crippen LogP contribution is -2.16. The van der Waals surface area contributed by atoms with Crippen LogP contribution >= 0.6 is 11.3 Å². The highest BCUT2D eigenvalue weighted by atomic mass is 32.1. The van der Waals surface area contributed by atoms with Crippen molar-refractivity contribution in [3.8, 4) is 10.6 Å². The van der Waals surface area contributed by atoms with Crippen LogP contribution in [0, 0.1) is 0 Å². The Bertz CT molecular complexity index is 496. The van der Waals surface area contributed by atoms with E-state index in [1.807, 2.05) is 29.6 Å². The van der Waals surface area contributed by atoms with Gasteiger partial charge in [0.05, 0.1) is 0 Å². The van der Waals surface area contributed by atoms with Gasteiger partial charge in [-0.05, 0) is 12.1 Å². The van der Waals surface area contributed by atoms with E-state index in [0.717, 1.165) is 16.3 Å². The third-order valence-corrected chi connectivity index (χ3v) is 3.02. The predicted molar refractivity (Wildman–Crippen MR) is 69.9 cm³/mol. The van der Waals surface area contributed by atoms with Crippen LogP contribution in [0.5, 0.6) is 0 Å². The first-order chi connectivity index (χ1) is 8.29. The average molecular weight is 247 g/mol. The molecular weight excluding hydrogens is 234 g/mol. The van der Waals surface area contributed by atoms with Crippen LogP contribution in [-0.2, 0) is 4.79 Å². The highest BCUT2D eigenvalue weighted by Gasteiger charge is 2.04. The van der Waals surface area contributed by atoms with Crippen molar-refractivity contribution in [1.29, 1.82) is 0 Å². The van der Waals surface area contributed by atoms with E-state index in [9.17, 15) is 4.79 Å². The molecule has 3 N–H and O–H groups in total. The van der Waals surface area contributed by atoms with Gasteiger partial charge in [-0.3, -0.25) is 4.79 Å². The minimum atomic E-state index is -0.0659. The Morgan fingerprint density at radius 1 is 1.47 bits per heavy atom. The summed E-state index contributed by atoms with van der Waals surface area (Å²) in [7, 11) is 0. The van der Waals surface area contributed by atoms with Gasteiger partial charge >= 0.3 is 0 Å². The normalized spacial score (nSPS) is 10.2. The van der Waals surface area contributed by atoms with Crippen molar-refractivity contribution < 1.29 is 4.79 Å². The van der Waals surface area contributed by atoms with E-state index in [0.29, 0.717) is 13.0 Å². The molecule has 2 rings (SSSR count). The highest BCUT2D eigenvalue weighted by molar-refractivity contribution is 7.13. The maximum Gasteiger partial charge on any atom is 0.225 e. The number of aromatic nitrogens is 1. The van der Waals surface area contributed by atoms with Crippen molar-refractivity contribution in [3.63, 3.8) is 0 Å². The molecule has 0 bridgehead atoms. The van der Waals surface area contributed by atoms with E-state index < -0.39 is 0 Å². The third-order valence-electron chi connectivity index (χ3n) is 2.20. The van der Waals surface area contributed by atoms with Gasteiger partial charge in [-0.2, -0.15) is 0 Å². The van der Waals surface area contributed by atoms with Gasteiger partial charge in [-0.1, -0.05) is 12.1 Å². The van der Waals surface area contributed by atoms with Crippen molar-refractivity contribution in [3.05, 3.63) is 35.8 Å². The number of anilines is 1. The Labute approximate surface area is 103 Å². The molecule has 1 aromatic heterocycles. The van der Waals surface area contributed by atoms with Crippen LogP contribution in [0.15, 0.2) is 35.8 Å². The molecule has 5 heteroatoms. The number of nitrogens with one attached hydrogen (secondary N) is 1. The molecule has 4 nitrogen and oxygen atoms in total. The topological polar surface area (TPSA) is 68.0 Å². The fourth-order valence-electron chi connectivity index (χ4n) is 1.45. The van der Waals surface area contributed by atoms with Crippen LogP contribution in [0.1, 0.15) is 6.42 Å². The number of benzene rings is 1. The molecule has 0 spiro atoms. The Hall–Kier alpha value is -1.72. The SMILES string of the molecule is NCCC(=O)Nc1cccc(-c2nccs2)c1. The summed E-state index contributed by atoms with van der Waals surface area (Å²) in [4.78, 5) is 15.6. The van der Waals surface area contributed by atoms with Crippen LogP contribution < -0.4 is 11.1 Å². The van der Waals surface area contributed by atoms with Crippen LogP contribution in [0.3, 0.4) is 0 Å². The second-order valence-corrected chi connectivity index (χ2v) is 4.40. The predicted octanol–water partition coefficient (Wildman–Crippen LogP) is 2.10. The number of nitrogens with zero attached hydrogens (tertiary/aromatic N) is 1. The van der Waals surface area contributed by atoms with Gasteiger partial charge in [0, 0.05) is 35.8 Å². The molecule has 88 valence electrons. The van der Waals surface area contributed by atoms with Gasteiger partial charge in [0.15, 0.2) is 0 Å². The average Bonchev–Trinajstić information content (AvgIpc) is 2.83. The van der Waals surface area contributed by atoms with Crippen molar-refractivity contribution >= 4 is 22.9 Å². The number of hydrogen-bond acceptors (Lipinski definition) is 4. The first-order valence-corrected chi connectivity index (χ1v) is 6.17. The first kappa shape index (κ1) is 11.8. The summed E-state index contributed by atoms with van der Waals surface area (Å²) in [5.74, 6) is -0.0659. The van der Waals surface area contributed by atoms with Crippen molar-refractivity contribution in [1.82, 2.24) is 4.98 Å². The summed E-state index contributed by atoms with van der Waals surface area (Å²) >= 11 is 1.57. The Kier molecular flexibility index (Phi) is 3.85. The number of hydrogen-bond donors (Lipinski definition) is 2. The number of carbonyl (C=O) groups excluding carboxylic acids is 1. The molecule has 0 aliphatic rings. The summed E-state index contributed by atoms with van der Waals surface area (Å²) < 4.78 is 0. The monoisotopic (exact) mass is 247 g/mol. The van der Waals surface area contributed by atoms with Gasteiger partial charge in [0.2, 0.25) is 5.91 Å². The van der Waals surface area contributed by atoms with E-state index in [4.69, 9.17) is 5.73 Å². The Balaban J connectivity index is 2.15. The van der Waals surface area contributed by atoms with Crippen LogP contribution in [0.25, 0.3) is 10.6 Å². The first-order valence-electron chi connectivity index (χ1n) is 5.29. The molecule has 0 unspecified atom stereocenters. The third kappa shape index (κ3) is 3.12. The fraction of sp³-hybridized carbons (Fsp3) is 0.167. The summed E-state index contributed by atoms with van der Waals surface area (Å²) in [5.41, 5.74) is 7.10. The Morgan fingerprint density at radius 2 is 2.35 bits per heavy atom. The molecule has 0 aliphatic carbocycles. The van der Waals surface area contributed by atoms with E-state index >= 15 is 0 Å². The van der Waals surface area contributed by atoms with Crippen LogP contribution in [0.4, 0.5) is 5.69 Å². The van der Waals surface area contributed by atoms with Crippen molar-refractivity contribution in [2.24, 2.45) is 5.73 Å². The maximum atomic E-state index is 11.4. The van der Waals surface area contributed by atoms with Crippen molar-refractivity contribution in [2.75, 3.05) is 11.9 Å². The molecule has 2 aromatic rings. The van der Waals surface area contributed by atoms with Gasteiger partial charge in [-0.15, -0.1) is 11.3 Å². The molecule has 1 amide bonds. The van der Waals surface area contributed by atoms with Gasteiger partial charge in [0.1, 0.15) is 5.01 Å². The molecule has 0 saturated heterocycles. The zero-order valence-corrected chi connectivity index (χ0v) is 10.0. The fourth-order valence-corrected chi connectivity index (χ4v) is 2.09. The van der Waals surface area contributed by atoms with E-state index in [2.05, 4.69) is 10.3 Å². The lowest BCUT2D eigenvalue weighted by molar-refractivity contribution is -0.116. The lowest BCUT2D eigenvalue weighted by Gasteiger charge is -2.05. The number of carbonyl (C=O) groups is 1. The molecule has 17 heavy (non-hydrogen) atoms. The largest absolute Gasteiger partial charge is 0.330 e. The number of rotatable bonds is 4.